The molecule has 1 saturated heterocycles. The van der Waals surface area contributed by atoms with Crippen LogP contribution in [-0.2, 0) is 4.79 Å². The summed E-state index contributed by atoms with van der Waals surface area (Å²) in [6.07, 6.45) is 5.37. The van der Waals surface area contributed by atoms with E-state index in [0.29, 0.717) is 11.4 Å². The number of benzene rings is 1. The number of carbonyl (C=O) groups is 2. The molecule has 4 rings (SSSR count). The molecule has 1 aliphatic rings. The van der Waals surface area contributed by atoms with Crippen molar-refractivity contribution in [2.75, 3.05) is 25.5 Å². The topological polar surface area (TPSA) is 87.2 Å². The molecule has 2 N–H and O–H groups in total. The number of pyridine rings is 2. The molecule has 0 bridgehead atoms. The van der Waals surface area contributed by atoms with Crippen LogP contribution >= 0.6 is 0 Å². The molecular formula is C24H24FN5O2. The molecule has 0 saturated carbocycles. The van der Waals surface area contributed by atoms with Crippen molar-refractivity contribution >= 4 is 17.5 Å². The second kappa shape index (κ2) is 9.65. The fourth-order valence-electron chi connectivity index (χ4n) is 3.87. The number of halogens is 1. The van der Waals surface area contributed by atoms with Crippen molar-refractivity contribution in [3.8, 4) is 11.1 Å². The van der Waals surface area contributed by atoms with Gasteiger partial charge >= 0.3 is 0 Å². The summed E-state index contributed by atoms with van der Waals surface area (Å²) >= 11 is 0. The summed E-state index contributed by atoms with van der Waals surface area (Å²) in [5, 5.41) is 5.36. The second-order valence-corrected chi connectivity index (χ2v) is 7.67. The summed E-state index contributed by atoms with van der Waals surface area (Å²) < 4.78 is 13.0. The lowest BCUT2D eigenvalue weighted by Gasteiger charge is -2.23. The SMILES string of the molecule is CNC(=O)c1ccc(-c2ccc([C@@H]3CCCN3CC(=O)Nc3ccc(F)cc3)nc2)cn1. The molecule has 2 amide bonds. The number of amides is 2. The zero-order chi connectivity index (χ0) is 22.5. The van der Waals surface area contributed by atoms with Crippen LogP contribution < -0.4 is 10.6 Å². The van der Waals surface area contributed by atoms with Gasteiger partial charge in [-0.2, -0.15) is 0 Å². The summed E-state index contributed by atoms with van der Waals surface area (Å²) in [4.78, 5) is 35.1. The normalized spacial score (nSPS) is 16.0. The molecule has 3 heterocycles. The fourth-order valence-corrected chi connectivity index (χ4v) is 3.87. The first-order chi connectivity index (χ1) is 15.5. The highest BCUT2D eigenvalue weighted by Crippen LogP contribution is 2.31. The van der Waals surface area contributed by atoms with Gasteiger partial charge in [0.05, 0.1) is 18.3 Å². The average molecular weight is 433 g/mol. The molecular weight excluding hydrogens is 409 g/mol. The molecule has 1 atom stereocenters. The number of hydrogen-bond acceptors (Lipinski definition) is 5. The lowest BCUT2D eigenvalue weighted by Crippen LogP contribution is -2.33. The van der Waals surface area contributed by atoms with Crippen molar-refractivity contribution in [3.05, 3.63) is 78.1 Å². The molecule has 0 unspecified atom stereocenters. The molecule has 2 aromatic heterocycles. The zero-order valence-corrected chi connectivity index (χ0v) is 17.7. The Morgan fingerprint density at radius 2 is 1.75 bits per heavy atom. The molecule has 164 valence electrons. The lowest BCUT2D eigenvalue weighted by molar-refractivity contribution is -0.117. The molecule has 32 heavy (non-hydrogen) atoms. The van der Waals surface area contributed by atoms with Gasteiger partial charge in [0.2, 0.25) is 5.91 Å². The van der Waals surface area contributed by atoms with Crippen LogP contribution in [0.5, 0.6) is 0 Å². The van der Waals surface area contributed by atoms with Crippen molar-refractivity contribution in [2.24, 2.45) is 0 Å². The molecule has 1 aliphatic heterocycles. The Kier molecular flexibility index (Phi) is 6.51. The van der Waals surface area contributed by atoms with Gasteiger partial charge in [-0.1, -0.05) is 12.1 Å². The Hall–Kier alpha value is -3.65. The largest absolute Gasteiger partial charge is 0.354 e. The molecule has 1 aromatic carbocycles. The number of anilines is 1. The third kappa shape index (κ3) is 4.97. The van der Waals surface area contributed by atoms with Crippen LogP contribution in [0, 0.1) is 5.82 Å². The summed E-state index contributed by atoms with van der Waals surface area (Å²) in [6.45, 7) is 1.06. The van der Waals surface area contributed by atoms with Crippen LogP contribution in [0.15, 0.2) is 60.9 Å². The molecule has 7 nitrogen and oxygen atoms in total. The number of hydrogen-bond donors (Lipinski definition) is 2. The Bertz CT molecular complexity index is 1080. The summed E-state index contributed by atoms with van der Waals surface area (Å²) in [7, 11) is 1.57. The van der Waals surface area contributed by atoms with Gasteiger partial charge in [0, 0.05) is 36.3 Å². The van der Waals surface area contributed by atoms with Crippen molar-refractivity contribution in [1.29, 1.82) is 0 Å². The van der Waals surface area contributed by atoms with Gasteiger partial charge in [-0.05, 0) is 55.8 Å². The maximum Gasteiger partial charge on any atom is 0.269 e. The summed E-state index contributed by atoms with van der Waals surface area (Å²) in [5.74, 6) is -0.701. The molecule has 0 radical (unpaired) electrons. The van der Waals surface area contributed by atoms with Gasteiger partial charge in [-0.3, -0.25) is 24.5 Å². The first-order valence-corrected chi connectivity index (χ1v) is 10.5. The molecule has 8 heteroatoms. The van der Waals surface area contributed by atoms with E-state index in [0.717, 1.165) is 36.2 Å². The van der Waals surface area contributed by atoms with E-state index in [1.54, 1.807) is 37.6 Å². The second-order valence-electron chi connectivity index (χ2n) is 7.67. The van der Waals surface area contributed by atoms with Crippen LogP contribution in [0.25, 0.3) is 11.1 Å². The highest BCUT2D eigenvalue weighted by atomic mass is 19.1. The minimum atomic E-state index is -0.338. The van der Waals surface area contributed by atoms with Gasteiger partial charge in [0.25, 0.3) is 5.91 Å². The standard InChI is InChI=1S/C24H24FN5O2/c1-26-24(32)21-11-5-17(14-28-21)16-4-10-20(27-13-16)22-3-2-12-30(22)15-23(31)29-19-8-6-18(25)7-9-19/h4-11,13-14,22H,2-3,12,15H2,1H3,(H,26,32)(H,29,31)/t22-/m0/s1. The van der Waals surface area contributed by atoms with Crippen LogP contribution in [0.3, 0.4) is 0 Å². The number of nitrogens with one attached hydrogen (secondary N) is 2. The maximum atomic E-state index is 13.0. The number of nitrogens with zero attached hydrogens (tertiary/aromatic N) is 3. The third-order valence-electron chi connectivity index (χ3n) is 5.52. The van der Waals surface area contributed by atoms with E-state index in [4.69, 9.17) is 0 Å². The van der Waals surface area contributed by atoms with Crippen LogP contribution in [0.4, 0.5) is 10.1 Å². The van der Waals surface area contributed by atoms with Gasteiger partial charge in [0.15, 0.2) is 0 Å². The van der Waals surface area contributed by atoms with E-state index in [9.17, 15) is 14.0 Å². The molecule has 0 aliphatic carbocycles. The Morgan fingerprint density at radius 1 is 1.03 bits per heavy atom. The van der Waals surface area contributed by atoms with E-state index in [1.807, 2.05) is 18.2 Å². The van der Waals surface area contributed by atoms with E-state index in [1.165, 1.54) is 12.1 Å². The monoisotopic (exact) mass is 433 g/mol. The number of aromatic nitrogens is 2. The van der Waals surface area contributed by atoms with Gasteiger partial charge < -0.3 is 10.6 Å². The predicted octanol–water partition coefficient (Wildman–Crippen LogP) is 3.42. The maximum absolute atomic E-state index is 13.0. The van der Waals surface area contributed by atoms with E-state index in [2.05, 4.69) is 25.5 Å². The van der Waals surface area contributed by atoms with Gasteiger partial charge in [-0.25, -0.2) is 4.39 Å². The number of rotatable bonds is 6. The Labute approximate surface area is 185 Å². The first kappa shape index (κ1) is 21.6. The predicted molar refractivity (Wildman–Crippen MR) is 119 cm³/mol. The minimum absolute atomic E-state index is 0.0665. The molecule has 0 spiro atoms. The summed E-state index contributed by atoms with van der Waals surface area (Å²) in [6, 6.07) is 13.3. The van der Waals surface area contributed by atoms with Crippen molar-refractivity contribution < 1.29 is 14.0 Å². The van der Waals surface area contributed by atoms with Crippen LogP contribution in [0.1, 0.15) is 35.1 Å². The van der Waals surface area contributed by atoms with E-state index < -0.39 is 0 Å². The Balaban J connectivity index is 1.40. The van der Waals surface area contributed by atoms with Gasteiger partial charge in [0.1, 0.15) is 11.5 Å². The van der Waals surface area contributed by atoms with Gasteiger partial charge in [-0.15, -0.1) is 0 Å². The summed E-state index contributed by atoms with van der Waals surface area (Å²) in [5.41, 5.74) is 3.63. The third-order valence-corrected chi connectivity index (χ3v) is 5.52. The van der Waals surface area contributed by atoms with Crippen LogP contribution in [-0.4, -0.2) is 46.8 Å². The fraction of sp³-hybridized carbons (Fsp3) is 0.250. The highest BCUT2D eigenvalue weighted by Gasteiger charge is 2.28. The van der Waals surface area contributed by atoms with Crippen LogP contribution in [0.2, 0.25) is 0 Å². The average Bonchev–Trinajstić information content (AvgIpc) is 3.28. The minimum Gasteiger partial charge on any atom is -0.354 e. The zero-order valence-electron chi connectivity index (χ0n) is 17.7. The number of carbonyl (C=O) groups excluding carboxylic acids is 2. The van der Waals surface area contributed by atoms with Crippen molar-refractivity contribution in [3.63, 3.8) is 0 Å². The smallest absolute Gasteiger partial charge is 0.269 e. The van der Waals surface area contributed by atoms with E-state index in [-0.39, 0.29) is 30.2 Å². The van der Waals surface area contributed by atoms with E-state index >= 15 is 0 Å². The van der Waals surface area contributed by atoms with Crippen molar-refractivity contribution in [1.82, 2.24) is 20.2 Å². The lowest BCUT2D eigenvalue weighted by atomic mass is 10.1. The quantitative estimate of drug-likeness (QED) is 0.622. The Morgan fingerprint density at radius 3 is 2.38 bits per heavy atom. The highest BCUT2D eigenvalue weighted by molar-refractivity contribution is 5.92. The molecule has 1 fully saturated rings. The first-order valence-electron chi connectivity index (χ1n) is 10.5. The van der Waals surface area contributed by atoms with Crippen molar-refractivity contribution in [2.45, 2.75) is 18.9 Å². The number of likely N-dealkylation sites (tertiary alicyclic amines) is 1. The molecule has 3 aromatic rings.